The Morgan fingerprint density at radius 3 is 2.65 bits per heavy atom. The first kappa shape index (κ1) is 14.3. The molecule has 0 aromatic heterocycles. The molecule has 100 valence electrons. The molecule has 0 bridgehead atoms. The Morgan fingerprint density at radius 2 is 2.12 bits per heavy atom. The molecule has 1 heterocycles. The third-order valence-electron chi connectivity index (χ3n) is 2.91. The molecule has 1 aliphatic heterocycles. The molecule has 1 rings (SSSR count). The Bertz CT molecular complexity index is 240. The number of aliphatic imine (C=N–C) groups is 1. The zero-order chi connectivity index (χ0) is 12.7. The van der Waals surface area contributed by atoms with Crippen molar-refractivity contribution >= 4 is 5.96 Å². The van der Waals surface area contributed by atoms with Crippen molar-refractivity contribution in [1.82, 2.24) is 10.6 Å². The van der Waals surface area contributed by atoms with Gasteiger partial charge in [-0.2, -0.15) is 0 Å². The smallest absolute Gasteiger partial charge is 0.191 e. The number of guanidine groups is 1. The van der Waals surface area contributed by atoms with Gasteiger partial charge >= 0.3 is 0 Å². The van der Waals surface area contributed by atoms with Gasteiger partial charge in [0, 0.05) is 26.7 Å². The maximum atomic E-state index is 5.56. The Morgan fingerprint density at radius 1 is 1.35 bits per heavy atom. The molecule has 4 heteroatoms. The Hall–Kier alpha value is -0.770. The summed E-state index contributed by atoms with van der Waals surface area (Å²) >= 11 is 0. The molecule has 1 aliphatic rings. The molecule has 1 saturated heterocycles. The summed E-state index contributed by atoms with van der Waals surface area (Å²) < 4.78 is 5.56. The molecule has 4 nitrogen and oxygen atoms in total. The van der Waals surface area contributed by atoms with Crippen molar-refractivity contribution < 1.29 is 4.74 Å². The van der Waals surface area contributed by atoms with Gasteiger partial charge in [-0.05, 0) is 24.7 Å². The summed E-state index contributed by atoms with van der Waals surface area (Å²) in [6, 6.07) is 0. The third kappa shape index (κ3) is 6.51. The summed E-state index contributed by atoms with van der Waals surface area (Å²) in [4.78, 5) is 4.21. The molecular formula is C13H27N3O. The van der Waals surface area contributed by atoms with E-state index in [1.54, 1.807) is 0 Å². The second-order valence-corrected chi connectivity index (χ2v) is 5.83. The van der Waals surface area contributed by atoms with Gasteiger partial charge < -0.3 is 15.4 Å². The number of rotatable bonds is 4. The van der Waals surface area contributed by atoms with E-state index < -0.39 is 0 Å². The summed E-state index contributed by atoms with van der Waals surface area (Å²) in [5.74, 6) is 0.879. The van der Waals surface area contributed by atoms with Gasteiger partial charge in [0.2, 0.25) is 0 Å². The summed E-state index contributed by atoms with van der Waals surface area (Å²) in [5.41, 5.74) is 0.362. The lowest BCUT2D eigenvalue weighted by molar-refractivity contribution is 0.114. The van der Waals surface area contributed by atoms with Crippen LogP contribution in [0.5, 0.6) is 0 Å². The van der Waals surface area contributed by atoms with Crippen LogP contribution in [-0.4, -0.2) is 38.8 Å². The van der Waals surface area contributed by atoms with Crippen molar-refractivity contribution in [3.8, 4) is 0 Å². The van der Waals surface area contributed by atoms with E-state index in [0.29, 0.717) is 11.5 Å². The van der Waals surface area contributed by atoms with Crippen LogP contribution in [0.15, 0.2) is 4.99 Å². The molecule has 1 unspecified atom stereocenters. The Kier molecular flexibility index (Phi) is 5.75. The molecule has 0 aromatic rings. The van der Waals surface area contributed by atoms with Crippen molar-refractivity contribution in [2.75, 3.05) is 26.7 Å². The lowest BCUT2D eigenvalue weighted by Crippen LogP contribution is -2.41. The minimum atomic E-state index is 0.358. The molecule has 0 amide bonds. The first-order valence-corrected chi connectivity index (χ1v) is 6.57. The summed E-state index contributed by atoms with van der Waals surface area (Å²) in [6.45, 7) is 9.46. The fourth-order valence-corrected chi connectivity index (χ4v) is 1.79. The van der Waals surface area contributed by atoms with E-state index in [1.807, 2.05) is 7.05 Å². The highest BCUT2D eigenvalue weighted by Crippen LogP contribution is 2.16. The molecule has 0 radical (unpaired) electrons. The minimum Gasteiger partial charge on any atom is -0.376 e. The summed E-state index contributed by atoms with van der Waals surface area (Å²) in [7, 11) is 1.81. The molecule has 0 aromatic carbocycles. The fraction of sp³-hybridized carbons (Fsp3) is 0.923. The Labute approximate surface area is 105 Å². The molecule has 2 N–H and O–H groups in total. The molecule has 1 fully saturated rings. The fourth-order valence-electron chi connectivity index (χ4n) is 1.79. The van der Waals surface area contributed by atoms with Crippen molar-refractivity contribution in [3.63, 3.8) is 0 Å². The van der Waals surface area contributed by atoms with Crippen LogP contribution in [0.3, 0.4) is 0 Å². The zero-order valence-electron chi connectivity index (χ0n) is 11.7. The van der Waals surface area contributed by atoms with Crippen molar-refractivity contribution in [2.24, 2.45) is 10.4 Å². The van der Waals surface area contributed by atoms with Crippen molar-refractivity contribution in [3.05, 3.63) is 0 Å². The molecule has 0 spiro atoms. The average Bonchev–Trinajstić information content (AvgIpc) is 2.74. The van der Waals surface area contributed by atoms with Gasteiger partial charge in [-0.25, -0.2) is 0 Å². The van der Waals surface area contributed by atoms with Gasteiger partial charge in [0.05, 0.1) is 6.10 Å². The largest absolute Gasteiger partial charge is 0.376 e. The van der Waals surface area contributed by atoms with E-state index >= 15 is 0 Å². The van der Waals surface area contributed by atoms with Crippen LogP contribution in [0.25, 0.3) is 0 Å². The standard InChI is InChI=1S/C13H27N3O/c1-13(2,3)7-8-15-12(14-4)16-10-11-6-5-9-17-11/h11H,5-10H2,1-4H3,(H2,14,15,16). The van der Waals surface area contributed by atoms with E-state index in [9.17, 15) is 0 Å². The zero-order valence-corrected chi connectivity index (χ0v) is 11.7. The monoisotopic (exact) mass is 241 g/mol. The normalized spacial score (nSPS) is 21.6. The highest BCUT2D eigenvalue weighted by Gasteiger charge is 2.15. The highest BCUT2D eigenvalue weighted by molar-refractivity contribution is 5.79. The van der Waals surface area contributed by atoms with E-state index in [0.717, 1.165) is 38.5 Å². The summed E-state index contributed by atoms with van der Waals surface area (Å²) in [6.07, 6.45) is 3.83. The molecular weight excluding hydrogens is 214 g/mol. The van der Waals surface area contributed by atoms with Gasteiger partial charge in [-0.1, -0.05) is 20.8 Å². The van der Waals surface area contributed by atoms with Gasteiger partial charge in [-0.3, -0.25) is 4.99 Å². The van der Waals surface area contributed by atoms with Crippen LogP contribution < -0.4 is 10.6 Å². The maximum Gasteiger partial charge on any atom is 0.191 e. The molecule has 17 heavy (non-hydrogen) atoms. The van der Waals surface area contributed by atoms with E-state index in [-0.39, 0.29) is 0 Å². The van der Waals surface area contributed by atoms with Gasteiger partial charge in [0.1, 0.15) is 0 Å². The molecule has 0 saturated carbocycles. The van der Waals surface area contributed by atoms with Crippen LogP contribution in [0.2, 0.25) is 0 Å². The number of hydrogen-bond donors (Lipinski definition) is 2. The molecule has 0 aliphatic carbocycles. The number of nitrogens with one attached hydrogen (secondary N) is 2. The second-order valence-electron chi connectivity index (χ2n) is 5.83. The SMILES string of the molecule is CN=C(NCCC(C)(C)C)NCC1CCCO1. The second kappa shape index (κ2) is 6.84. The van der Waals surface area contributed by atoms with Crippen LogP contribution in [0.4, 0.5) is 0 Å². The first-order valence-electron chi connectivity index (χ1n) is 6.57. The third-order valence-corrected chi connectivity index (χ3v) is 2.91. The van der Waals surface area contributed by atoms with E-state index in [1.165, 1.54) is 6.42 Å². The average molecular weight is 241 g/mol. The highest BCUT2D eigenvalue weighted by atomic mass is 16.5. The number of ether oxygens (including phenoxy) is 1. The summed E-state index contributed by atoms with van der Waals surface area (Å²) in [5, 5.41) is 6.64. The number of nitrogens with zero attached hydrogens (tertiary/aromatic N) is 1. The van der Waals surface area contributed by atoms with Crippen LogP contribution >= 0.6 is 0 Å². The van der Waals surface area contributed by atoms with E-state index in [4.69, 9.17) is 4.74 Å². The Balaban J connectivity index is 2.15. The van der Waals surface area contributed by atoms with Crippen LogP contribution in [0, 0.1) is 5.41 Å². The van der Waals surface area contributed by atoms with Crippen LogP contribution in [0.1, 0.15) is 40.0 Å². The number of hydrogen-bond acceptors (Lipinski definition) is 2. The maximum absolute atomic E-state index is 5.56. The molecule has 1 atom stereocenters. The topological polar surface area (TPSA) is 45.7 Å². The van der Waals surface area contributed by atoms with Gasteiger partial charge in [0.15, 0.2) is 5.96 Å². The lowest BCUT2D eigenvalue weighted by atomic mass is 9.92. The van der Waals surface area contributed by atoms with Gasteiger partial charge in [-0.15, -0.1) is 0 Å². The lowest BCUT2D eigenvalue weighted by Gasteiger charge is -2.20. The quantitative estimate of drug-likeness (QED) is 0.582. The minimum absolute atomic E-state index is 0.358. The van der Waals surface area contributed by atoms with Gasteiger partial charge in [0.25, 0.3) is 0 Å². The van der Waals surface area contributed by atoms with E-state index in [2.05, 4.69) is 36.4 Å². The predicted molar refractivity (Wildman–Crippen MR) is 72.4 cm³/mol. The van der Waals surface area contributed by atoms with Crippen molar-refractivity contribution in [2.45, 2.75) is 46.1 Å². The van der Waals surface area contributed by atoms with Crippen LogP contribution in [-0.2, 0) is 4.74 Å². The van der Waals surface area contributed by atoms with Crippen molar-refractivity contribution in [1.29, 1.82) is 0 Å². The first-order chi connectivity index (χ1) is 8.01. The predicted octanol–water partition coefficient (Wildman–Crippen LogP) is 1.77.